The van der Waals surface area contributed by atoms with Crippen LogP contribution in [0.15, 0.2) is 125 Å². The van der Waals surface area contributed by atoms with E-state index >= 15 is 0 Å². The lowest BCUT2D eigenvalue weighted by atomic mass is 10.2. The molecule has 6 nitrogen and oxygen atoms in total. The van der Waals surface area contributed by atoms with Crippen molar-refractivity contribution in [1.82, 2.24) is 0 Å². The van der Waals surface area contributed by atoms with Gasteiger partial charge >= 0.3 is 5.97 Å². The van der Waals surface area contributed by atoms with Gasteiger partial charge in [0.1, 0.15) is 5.75 Å². The molecule has 0 radical (unpaired) electrons. The maximum atomic E-state index is 12.3. The summed E-state index contributed by atoms with van der Waals surface area (Å²) in [6, 6.07) is 32.3. The number of hydrogen-bond donors (Lipinski definition) is 1. The fraction of sp³-hybridized carbons (Fsp3) is 0. The summed E-state index contributed by atoms with van der Waals surface area (Å²) in [6.45, 7) is 0. The van der Waals surface area contributed by atoms with E-state index in [-0.39, 0.29) is 0 Å². The van der Waals surface area contributed by atoms with E-state index in [1.807, 2.05) is 60.7 Å². The summed E-state index contributed by atoms with van der Waals surface area (Å²) in [7, 11) is 0. The lowest BCUT2D eigenvalue weighted by Crippen LogP contribution is -2.08. The molecule has 0 atom stereocenters. The van der Waals surface area contributed by atoms with Crippen molar-refractivity contribution in [3.05, 3.63) is 125 Å². The highest BCUT2D eigenvalue weighted by Crippen LogP contribution is 2.18. The first-order chi connectivity index (χ1) is 16.2. The zero-order valence-electron chi connectivity index (χ0n) is 17.4. The van der Waals surface area contributed by atoms with Gasteiger partial charge in [-0.15, -0.1) is 10.2 Å². The number of benzene rings is 4. The molecule has 0 bridgehead atoms. The third-order valence-electron chi connectivity index (χ3n) is 4.48. The summed E-state index contributed by atoms with van der Waals surface area (Å²) in [4.78, 5) is 12.3. The summed E-state index contributed by atoms with van der Waals surface area (Å²) in [6.07, 6.45) is 0. The van der Waals surface area contributed by atoms with Crippen LogP contribution in [-0.2, 0) is 0 Å². The van der Waals surface area contributed by atoms with Crippen molar-refractivity contribution in [3.8, 4) is 5.75 Å². The van der Waals surface area contributed by atoms with Crippen LogP contribution in [-0.4, -0.2) is 11.8 Å². The molecule has 162 valence electrons. The topological polar surface area (TPSA) is 75.4 Å². The Bertz CT molecular complexity index is 1260. The van der Waals surface area contributed by atoms with Crippen molar-refractivity contribution in [2.75, 3.05) is 5.43 Å². The Hall–Kier alpha value is -4.29. The highest BCUT2D eigenvalue weighted by molar-refractivity contribution is 6.30. The van der Waals surface area contributed by atoms with Crippen LogP contribution in [0.3, 0.4) is 0 Å². The molecule has 4 aromatic carbocycles. The number of amidine groups is 1. The Morgan fingerprint density at radius 3 is 2.00 bits per heavy atom. The minimum atomic E-state index is -0.470. The summed E-state index contributed by atoms with van der Waals surface area (Å²) < 4.78 is 5.44. The van der Waals surface area contributed by atoms with Crippen molar-refractivity contribution >= 4 is 34.8 Å². The van der Waals surface area contributed by atoms with Gasteiger partial charge in [0.25, 0.3) is 0 Å². The van der Waals surface area contributed by atoms with Gasteiger partial charge in [-0.2, -0.15) is 5.10 Å². The maximum absolute atomic E-state index is 12.3. The Balaban J connectivity index is 1.53. The number of esters is 1. The summed E-state index contributed by atoms with van der Waals surface area (Å²) in [5.41, 5.74) is 5.63. The van der Waals surface area contributed by atoms with Gasteiger partial charge in [-0.1, -0.05) is 48.0 Å². The van der Waals surface area contributed by atoms with E-state index < -0.39 is 5.97 Å². The summed E-state index contributed by atoms with van der Waals surface area (Å²) in [5.74, 6) is 0.301. The summed E-state index contributed by atoms with van der Waals surface area (Å²) >= 11 is 5.87. The molecule has 4 rings (SSSR count). The molecule has 0 fully saturated rings. The predicted octanol–water partition coefficient (Wildman–Crippen LogP) is 7.12. The van der Waals surface area contributed by atoms with Crippen molar-refractivity contribution in [3.63, 3.8) is 0 Å². The lowest BCUT2D eigenvalue weighted by Gasteiger charge is -2.06. The van der Waals surface area contributed by atoms with Crippen molar-refractivity contribution in [1.29, 1.82) is 0 Å². The van der Waals surface area contributed by atoms with E-state index in [4.69, 9.17) is 16.3 Å². The molecule has 1 N–H and O–H groups in total. The minimum absolute atomic E-state index is 0.373. The average Bonchev–Trinajstić information content (AvgIpc) is 2.86. The molecular formula is C26H19ClN4O2. The molecule has 33 heavy (non-hydrogen) atoms. The van der Waals surface area contributed by atoms with Crippen molar-refractivity contribution in [2.45, 2.75) is 0 Å². The van der Waals surface area contributed by atoms with E-state index in [0.29, 0.717) is 33.4 Å². The number of ether oxygens (including phenoxy) is 1. The largest absolute Gasteiger partial charge is 0.423 e. The number of halogens is 1. The first-order valence-corrected chi connectivity index (χ1v) is 10.5. The standard InChI is InChI=1S/C26H19ClN4O2/c27-21-15-11-20(12-16-21)26(32)33-24-17-13-19(14-18-24)25(30-28-22-7-3-1-4-8-22)31-29-23-9-5-2-6-10-23/h1-18,28H/b30-25-,31-29?. The third kappa shape index (κ3) is 6.35. The average molecular weight is 455 g/mol. The second-order valence-electron chi connectivity index (χ2n) is 6.87. The second kappa shape index (κ2) is 10.8. The number of nitrogens with zero attached hydrogens (tertiary/aromatic N) is 3. The SMILES string of the molecule is O=C(Oc1ccc(/C(N=Nc2ccccc2)=N/Nc2ccccc2)cc1)c1ccc(Cl)cc1. The highest BCUT2D eigenvalue weighted by Gasteiger charge is 2.10. The fourth-order valence-electron chi connectivity index (χ4n) is 2.80. The Morgan fingerprint density at radius 2 is 1.33 bits per heavy atom. The van der Waals surface area contributed by atoms with Gasteiger partial charge in [0.05, 0.1) is 16.9 Å². The van der Waals surface area contributed by atoms with Gasteiger partial charge in [0, 0.05) is 10.6 Å². The normalized spacial score (nSPS) is 11.4. The highest BCUT2D eigenvalue weighted by atomic mass is 35.5. The first kappa shape index (κ1) is 21.9. The molecule has 0 aromatic heterocycles. The van der Waals surface area contributed by atoms with Crippen LogP contribution in [0.4, 0.5) is 11.4 Å². The monoisotopic (exact) mass is 454 g/mol. The van der Waals surface area contributed by atoms with E-state index in [1.165, 1.54) is 0 Å². The molecule has 0 spiro atoms. The minimum Gasteiger partial charge on any atom is -0.423 e. The quantitative estimate of drug-likeness (QED) is 0.0841. The third-order valence-corrected chi connectivity index (χ3v) is 4.74. The van der Waals surface area contributed by atoms with Gasteiger partial charge in [-0.3, -0.25) is 5.43 Å². The molecule has 0 heterocycles. The van der Waals surface area contributed by atoms with Crippen LogP contribution in [0.2, 0.25) is 5.02 Å². The van der Waals surface area contributed by atoms with E-state index in [2.05, 4.69) is 20.8 Å². The number of anilines is 1. The molecule has 0 aliphatic rings. The van der Waals surface area contributed by atoms with Gasteiger partial charge in [-0.25, -0.2) is 4.79 Å². The Morgan fingerprint density at radius 1 is 0.727 bits per heavy atom. The van der Waals surface area contributed by atoms with Gasteiger partial charge < -0.3 is 4.74 Å². The Kier molecular flexibility index (Phi) is 7.20. The zero-order chi connectivity index (χ0) is 22.9. The number of azo groups is 1. The molecule has 0 saturated heterocycles. The van der Waals surface area contributed by atoms with Crippen LogP contribution < -0.4 is 10.2 Å². The smallest absolute Gasteiger partial charge is 0.343 e. The molecule has 7 heteroatoms. The number of carbonyl (C=O) groups is 1. The number of nitrogens with one attached hydrogen (secondary N) is 1. The molecule has 0 saturated carbocycles. The van der Waals surface area contributed by atoms with E-state index in [0.717, 1.165) is 5.69 Å². The molecule has 4 aromatic rings. The summed E-state index contributed by atoms with van der Waals surface area (Å²) in [5, 5.41) is 13.6. The fourth-order valence-corrected chi connectivity index (χ4v) is 2.92. The van der Waals surface area contributed by atoms with Gasteiger partial charge in [0.2, 0.25) is 5.84 Å². The Labute approximate surface area is 196 Å². The van der Waals surface area contributed by atoms with E-state index in [1.54, 1.807) is 48.5 Å². The van der Waals surface area contributed by atoms with Gasteiger partial charge in [-0.05, 0) is 72.8 Å². The number of hydrogen-bond acceptors (Lipinski definition) is 5. The molecule has 0 unspecified atom stereocenters. The van der Waals surface area contributed by atoms with Gasteiger partial charge in [0.15, 0.2) is 0 Å². The number of rotatable bonds is 6. The molecule has 0 aliphatic heterocycles. The zero-order valence-corrected chi connectivity index (χ0v) is 18.2. The van der Waals surface area contributed by atoms with Crippen LogP contribution >= 0.6 is 11.6 Å². The molecular weight excluding hydrogens is 436 g/mol. The van der Waals surface area contributed by atoms with Crippen LogP contribution in [0, 0.1) is 0 Å². The van der Waals surface area contributed by atoms with Crippen molar-refractivity contribution < 1.29 is 9.53 Å². The molecule has 0 amide bonds. The van der Waals surface area contributed by atoms with Crippen LogP contribution in [0.1, 0.15) is 15.9 Å². The maximum Gasteiger partial charge on any atom is 0.343 e. The molecule has 0 aliphatic carbocycles. The lowest BCUT2D eigenvalue weighted by molar-refractivity contribution is 0.0735. The van der Waals surface area contributed by atoms with Crippen LogP contribution in [0.5, 0.6) is 5.75 Å². The predicted molar refractivity (Wildman–Crippen MR) is 130 cm³/mol. The first-order valence-electron chi connectivity index (χ1n) is 10.1. The van der Waals surface area contributed by atoms with Crippen molar-refractivity contribution in [2.24, 2.45) is 15.3 Å². The number of carbonyl (C=O) groups excluding carboxylic acids is 1. The second-order valence-corrected chi connectivity index (χ2v) is 7.31. The number of hydrazone groups is 1. The van der Waals surface area contributed by atoms with E-state index in [9.17, 15) is 4.79 Å². The number of para-hydroxylation sites is 1. The van der Waals surface area contributed by atoms with Crippen LogP contribution in [0.25, 0.3) is 0 Å².